The Hall–Kier alpha value is -3.23. The predicted molar refractivity (Wildman–Crippen MR) is 75.9 cm³/mol. The van der Waals surface area contributed by atoms with E-state index in [-0.39, 0.29) is 23.7 Å². The Balaban J connectivity index is 1.99. The Bertz CT molecular complexity index is 885. The van der Waals surface area contributed by atoms with E-state index in [1.807, 2.05) is 0 Å². The summed E-state index contributed by atoms with van der Waals surface area (Å²) in [7, 11) is 0. The van der Waals surface area contributed by atoms with Gasteiger partial charge in [-0.15, -0.1) is 0 Å². The minimum atomic E-state index is -0.512. The highest BCUT2D eigenvalue weighted by Gasteiger charge is 2.15. The summed E-state index contributed by atoms with van der Waals surface area (Å²) >= 11 is 0. The van der Waals surface area contributed by atoms with E-state index in [9.17, 15) is 9.59 Å². The minimum Gasteiger partial charge on any atom is -0.462 e. The number of aromatic nitrogens is 4. The molecule has 2 aromatic heterocycles. The molecule has 3 rings (SSSR count). The second-order valence-corrected chi connectivity index (χ2v) is 4.24. The molecule has 0 unspecified atom stereocenters. The van der Waals surface area contributed by atoms with Gasteiger partial charge in [0.25, 0.3) is 5.56 Å². The van der Waals surface area contributed by atoms with E-state index in [4.69, 9.17) is 4.74 Å². The molecule has 0 saturated carbocycles. The number of nitrogens with zero attached hydrogens (tertiary/aromatic N) is 3. The zero-order valence-corrected chi connectivity index (χ0v) is 11.5. The van der Waals surface area contributed by atoms with Gasteiger partial charge >= 0.3 is 5.97 Å². The lowest BCUT2D eigenvalue weighted by atomic mass is 10.2. The van der Waals surface area contributed by atoms with Crippen molar-refractivity contribution in [2.45, 2.75) is 6.92 Å². The van der Waals surface area contributed by atoms with Gasteiger partial charge in [-0.05, 0) is 29.4 Å². The second kappa shape index (κ2) is 5.64. The van der Waals surface area contributed by atoms with Crippen LogP contribution in [0.1, 0.15) is 17.3 Å². The van der Waals surface area contributed by atoms with Crippen molar-refractivity contribution in [2.24, 2.45) is 0 Å². The van der Waals surface area contributed by atoms with Gasteiger partial charge in [-0.2, -0.15) is 4.98 Å². The molecule has 112 valence electrons. The molecule has 0 aliphatic heterocycles. The smallest absolute Gasteiger partial charge is 0.340 e. The molecule has 0 saturated heterocycles. The predicted octanol–water partition coefficient (Wildman–Crippen LogP) is 1.23. The Morgan fingerprint density at radius 1 is 1.36 bits per heavy atom. The Morgan fingerprint density at radius 2 is 2.18 bits per heavy atom. The molecular weight excluding hydrogens is 290 g/mol. The van der Waals surface area contributed by atoms with Crippen LogP contribution in [0, 0.1) is 0 Å². The van der Waals surface area contributed by atoms with Gasteiger partial charge in [0.2, 0.25) is 11.3 Å². The fraction of sp³-hybridized carbons (Fsp3) is 0.154. The number of H-pyrrole nitrogens is 1. The average Bonchev–Trinajstić information content (AvgIpc) is 2.95. The summed E-state index contributed by atoms with van der Waals surface area (Å²) in [6, 6.07) is 6.64. The van der Waals surface area contributed by atoms with Crippen LogP contribution >= 0.6 is 0 Å². The van der Waals surface area contributed by atoms with Crippen molar-refractivity contribution >= 4 is 28.8 Å². The van der Waals surface area contributed by atoms with E-state index in [2.05, 4.69) is 30.2 Å². The lowest BCUT2D eigenvalue weighted by Gasteiger charge is -2.09. The normalized spacial score (nSPS) is 10.6. The molecule has 0 aliphatic carbocycles. The molecule has 1 aromatic carbocycles. The van der Waals surface area contributed by atoms with Gasteiger partial charge in [0, 0.05) is 0 Å². The molecule has 0 fully saturated rings. The largest absolute Gasteiger partial charge is 0.462 e. The third-order valence-corrected chi connectivity index (χ3v) is 2.81. The van der Waals surface area contributed by atoms with Gasteiger partial charge in [0.05, 0.1) is 17.9 Å². The molecule has 9 heteroatoms. The van der Waals surface area contributed by atoms with Crippen molar-refractivity contribution in [3.8, 4) is 0 Å². The van der Waals surface area contributed by atoms with Crippen LogP contribution in [-0.4, -0.2) is 32.9 Å². The molecule has 0 atom stereocenters. The van der Waals surface area contributed by atoms with Crippen LogP contribution in [0.15, 0.2) is 33.7 Å². The Labute approximate surface area is 123 Å². The first-order chi connectivity index (χ1) is 10.7. The van der Waals surface area contributed by atoms with Gasteiger partial charge in [0.15, 0.2) is 5.82 Å². The molecule has 3 aromatic rings. The van der Waals surface area contributed by atoms with Gasteiger partial charge in [-0.3, -0.25) is 9.78 Å². The number of fused-ring (bicyclic) bond motifs is 1. The first-order valence-electron chi connectivity index (χ1n) is 6.45. The summed E-state index contributed by atoms with van der Waals surface area (Å²) in [6.07, 6.45) is 0. The highest BCUT2D eigenvalue weighted by Crippen LogP contribution is 2.19. The van der Waals surface area contributed by atoms with Crippen LogP contribution in [-0.2, 0) is 4.74 Å². The maximum Gasteiger partial charge on any atom is 0.340 e. The first kappa shape index (κ1) is 13.7. The number of nitrogens with one attached hydrogen (secondary N) is 2. The van der Waals surface area contributed by atoms with Crippen molar-refractivity contribution in [3.05, 3.63) is 40.2 Å². The molecule has 0 bridgehead atoms. The molecule has 9 nitrogen and oxygen atoms in total. The molecule has 0 radical (unpaired) electrons. The number of anilines is 2. The van der Waals surface area contributed by atoms with E-state index in [0.717, 1.165) is 0 Å². The van der Waals surface area contributed by atoms with Crippen molar-refractivity contribution in [1.29, 1.82) is 0 Å². The molecule has 22 heavy (non-hydrogen) atoms. The maximum absolute atomic E-state index is 11.9. The third-order valence-electron chi connectivity index (χ3n) is 2.81. The number of rotatable bonds is 4. The summed E-state index contributed by atoms with van der Waals surface area (Å²) in [5, 5.41) is 9.84. The standard InChI is InChI=1S/C13H11N5O4/c1-2-21-13(20)7-5-3-4-6-8(7)14-11-12(19)16-10-9(15-11)17-22-18-10/h3-6H,2H2,1H3,(H,14,15,17)(H,16,18,19). The van der Waals surface area contributed by atoms with Gasteiger partial charge in [-0.1, -0.05) is 12.1 Å². The van der Waals surface area contributed by atoms with Gasteiger partial charge in [0.1, 0.15) is 0 Å². The molecule has 2 heterocycles. The van der Waals surface area contributed by atoms with Crippen LogP contribution in [0.4, 0.5) is 11.5 Å². The van der Waals surface area contributed by atoms with E-state index < -0.39 is 11.5 Å². The number of hydrogen-bond donors (Lipinski definition) is 2. The van der Waals surface area contributed by atoms with E-state index in [0.29, 0.717) is 11.3 Å². The van der Waals surface area contributed by atoms with Crippen LogP contribution in [0.3, 0.4) is 0 Å². The molecule has 0 aliphatic rings. The van der Waals surface area contributed by atoms with Crippen LogP contribution in [0.5, 0.6) is 0 Å². The number of aromatic amines is 1. The zero-order chi connectivity index (χ0) is 15.5. The van der Waals surface area contributed by atoms with Crippen molar-refractivity contribution in [3.63, 3.8) is 0 Å². The van der Waals surface area contributed by atoms with E-state index >= 15 is 0 Å². The van der Waals surface area contributed by atoms with Crippen LogP contribution in [0.2, 0.25) is 0 Å². The summed E-state index contributed by atoms with van der Waals surface area (Å²) < 4.78 is 9.46. The zero-order valence-electron chi connectivity index (χ0n) is 11.5. The summed E-state index contributed by atoms with van der Waals surface area (Å²) in [6.45, 7) is 1.97. The fourth-order valence-electron chi connectivity index (χ4n) is 1.85. The quantitative estimate of drug-likeness (QED) is 0.689. The van der Waals surface area contributed by atoms with Crippen LogP contribution < -0.4 is 10.9 Å². The molecule has 2 N–H and O–H groups in total. The van der Waals surface area contributed by atoms with Crippen molar-refractivity contribution in [1.82, 2.24) is 20.3 Å². The van der Waals surface area contributed by atoms with Gasteiger partial charge in [-0.25, -0.2) is 9.42 Å². The number of para-hydroxylation sites is 1. The monoisotopic (exact) mass is 301 g/mol. The third kappa shape index (κ3) is 2.51. The maximum atomic E-state index is 11.9. The summed E-state index contributed by atoms with van der Waals surface area (Å²) in [4.78, 5) is 30.3. The van der Waals surface area contributed by atoms with Gasteiger partial charge < -0.3 is 10.1 Å². The number of esters is 1. The van der Waals surface area contributed by atoms with E-state index in [1.54, 1.807) is 31.2 Å². The SMILES string of the molecule is CCOC(=O)c1ccccc1Nc1nc2nonc2[nH]c1=O. The molecule has 0 spiro atoms. The minimum absolute atomic E-state index is 0.0278. The lowest BCUT2D eigenvalue weighted by molar-refractivity contribution is 0.0527. The average molecular weight is 301 g/mol. The number of ether oxygens (including phenoxy) is 1. The van der Waals surface area contributed by atoms with Crippen molar-refractivity contribution in [2.75, 3.05) is 11.9 Å². The first-order valence-corrected chi connectivity index (χ1v) is 6.45. The highest BCUT2D eigenvalue weighted by atomic mass is 16.6. The highest BCUT2D eigenvalue weighted by molar-refractivity contribution is 5.96. The number of carbonyl (C=O) groups is 1. The Morgan fingerprint density at radius 3 is 3.00 bits per heavy atom. The second-order valence-electron chi connectivity index (χ2n) is 4.24. The fourth-order valence-corrected chi connectivity index (χ4v) is 1.85. The number of hydrogen-bond acceptors (Lipinski definition) is 8. The summed E-state index contributed by atoms with van der Waals surface area (Å²) in [5.74, 6) is -0.522. The van der Waals surface area contributed by atoms with Crippen molar-refractivity contribution < 1.29 is 14.2 Å². The number of carbonyl (C=O) groups excluding carboxylic acids is 1. The number of benzene rings is 1. The van der Waals surface area contributed by atoms with Crippen LogP contribution in [0.25, 0.3) is 11.3 Å². The Kier molecular flexibility index (Phi) is 3.52. The lowest BCUT2D eigenvalue weighted by Crippen LogP contribution is -2.15. The topological polar surface area (TPSA) is 123 Å². The van der Waals surface area contributed by atoms with E-state index in [1.165, 1.54) is 0 Å². The molecular formula is C13H11N5O4. The molecule has 0 amide bonds. The summed E-state index contributed by atoms with van der Waals surface area (Å²) in [5.41, 5.74) is 0.477.